The molecule has 1 aromatic rings. The fourth-order valence-electron chi connectivity index (χ4n) is 2.22. The van der Waals surface area contributed by atoms with Crippen LogP contribution >= 0.6 is 0 Å². The molecule has 0 saturated carbocycles. The molecule has 1 fully saturated rings. The highest BCUT2D eigenvalue weighted by atomic mass is 16.5. The van der Waals surface area contributed by atoms with Crippen LogP contribution in [0.25, 0.3) is 0 Å². The molecular weight excluding hydrogens is 232 g/mol. The topological polar surface area (TPSA) is 62.7 Å². The number of anilines is 1. The highest BCUT2D eigenvalue weighted by Crippen LogP contribution is 2.22. The number of aromatic carboxylic acids is 1. The number of pyridine rings is 1. The Morgan fingerprint density at radius 3 is 3.06 bits per heavy atom. The van der Waals surface area contributed by atoms with Gasteiger partial charge in [0.25, 0.3) is 0 Å². The molecule has 2 rings (SSSR count). The predicted molar refractivity (Wildman–Crippen MR) is 68.2 cm³/mol. The number of likely N-dealkylation sites (N-methyl/N-ethyl adjacent to an activating group) is 1. The molecule has 1 aromatic heterocycles. The van der Waals surface area contributed by atoms with Gasteiger partial charge in [-0.25, -0.2) is 4.79 Å². The van der Waals surface area contributed by atoms with Gasteiger partial charge in [-0.1, -0.05) is 0 Å². The third-order valence-corrected chi connectivity index (χ3v) is 3.16. The van der Waals surface area contributed by atoms with Crippen molar-refractivity contribution < 1.29 is 14.6 Å². The van der Waals surface area contributed by atoms with Crippen molar-refractivity contribution in [3.8, 4) is 0 Å². The van der Waals surface area contributed by atoms with Crippen molar-refractivity contribution in [3.63, 3.8) is 0 Å². The third kappa shape index (κ3) is 2.79. The molecule has 98 valence electrons. The Balaban J connectivity index is 2.19. The highest BCUT2D eigenvalue weighted by Gasteiger charge is 2.20. The summed E-state index contributed by atoms with van der Waals surface area (Å²) in [5.74, 6) is -0.948. The fourth-order valence-corrected chi connectivity index (χ4v) is 2.22. The smallest absolute Gasteiger partial charge is 0.339 e. The lowest BCUT2D eigenvalue weighted by Crippen LogP contribution is -2.29. The molecule has 5 nitrogen and oxygen atoms in total. The Labute approximate surface area is 106 Å². The number of aromatic nitrogens is 1. The van der Waals surface area contributed by atoms with Gasteiger partial charge in [0.1, 0.15) is 5.56 Å². The summed E-state index contributed by atoms with van der Waals surface area (Å²) in [5, 5.41) is 9.17. The van der Waals surface area contributed by atoms with Gasteiger partial charge in [0, 0.05) is 32.1 Å². The Bertz CT molecular complexity index is 442. The zero-order valence-corrected chi connectivity index (χ0v) is 10.7. The second kappa shape index (κ2) is 5.35. The first-order valence-corrected chi connectivity index (χ1v) is 6.10. The molecule has 1 saturated heterocycles. The van der Waals surface area contributed by atoms with Crippen LogP contribution in [0.1, 0.15) is 28.9 Å². The minimum atomic E-state index is -0.948. The lowest BCUT2D eigenvalue weighted by Gasteiger charge is -2.24. The zero-order valence-electron chi connectivity index (χ0n) is 10.7. The monoisotopic (exact) mass is 250 g/mol. The normalized spacial score (nSPS) is 18.9. The van der Waals surface area contributed by atoms with E-state index in [1.54, 1.807) is 6.07 Å². The number of carboxylic acids is 1. The lowest BCUT2D eigenvalue weighted by atomic mass is 10.1. The first kappa shape index (κ1) is 12.8. The highest BCUT2D eigenvalue weighted by molar-refractivity contribution is 5.94. The van der Waals surface area contributed by atoms with Gasteiger partial charge >= 0.3 is 5.97 Å². The van der Waals surface area contributed by atoms with E-state index in [1.165, 1.54) is 6.20 Å². The molecular formula is C13H18N2O3. The number of hydrogen-bond donors (Lipinski definition) is 1. The summed E-state index contributed by atoms with van der Waals surface area (Å²) in [6.07, 6.45) is 3.74. The van der Waals surface area contributed by atoms with Crippen LogP contribution in [0.15, 0.2) is 12.3 Å². The van der Waals surface area contributed by atoms with Crippen molar-refractivity contribution in [1.29, 1.82) is 0 Å². The number of hydrogen-bond acceptors (Lipinski definition) is 4. The van der Waals surface area contributed by atoms with Gasteiger partial charge in [-0.2, -0.15) is 0 Å². The van der Waals surface area contributed by atoms with Crippen molar-refractivity contribution in [2.45, 2.75) is 25.9 Å². The minimum absolute atomic E-state index is 0.199. The van der Waals surface area contributed by atoms with Crippen LogP contribution in [0, 0.1) is 6.92 Å². The summed E-state index contributed by atoms with van der Waals surface area (Å²) in [5.41, 5.74) is 1.75. The number of nitrogens with zero attached hydrogens (tertiary/aromatic N) is 2. The molecule has 1 atom stereocenters. The molecule has 2 heterocycles. The van der Waals surface area contributed by atoms with Crippen molar-refractivity contribution in [2.24, 2.45) is 0 Å². The van der Waals surface area contributed by atoms with Gasteiger partial charge in [-0.05, 0) is 25.8 Å². The molecule has 0 spiro atoms. The molecule has 18 heavy (non-hydrogen) atoms. The SMILES string of the molecule is Cc1cc(N(C)CC2CCCO2)c(C(=O)O)cn1. The molecule has 0 aliphatic carbocycles. The second-order valence-corrected chi connectivity index (χ2v) is 4.66. The number of aryl methyl sites for hydroxylation is 1. The maximum absolute atomic E-state index is 11.2. The van der Waals surface area contributed by atoms with E-state index >= 15 is 0 Å². The number of carbonyl (C=O) groups is 1. The summed E-state index contributed by atoms with van der Waals surface area (Å²) >= 11 is 0. The summed E-state index contributed by atoms with van der Waals surface area (Å²) in [6, 6.07) is 1.80. The quantitative estimate of drug-likeness (QED) is 0.881. The van der Waals surface area contributed by atoms with Crippen molar-refractivity contribution in [2.75, 3.05) is 25.1 Å². The molecule has 1 aliphatic rings. The number of ether oxygens (including phenoxy) is 1. The molecule has 1 aliphatic heterocycles. The molecule has 0 bridgehead atoms. The molecule has 0 aromatic carbocycles. The van der Waals surface area contributed by atoms with Crippen molar-refractivity contribution in [3.05, 3.63) is 23.5 Å². The average Bonchev–Trinajstić information content (AvgIpc) is 2.81. The van der Waals surface area contributed by atoms with E-state index in [-0.39, 0.29) is 11.7 Å². The molecule has 1 N–H and O–H groups in total. The molecule has 1 unspecified atom stereocenters. The van der Waals surface area contributed by atoms with Gasteiger partial charge in [-0.3, -0.25) is 4.98 Å². The van der Waals surface area contributed by atoms with Crippen molar-refractivity contribution in [1.82, 2.24) is 4.98 Å². The maximum atomic E-state index is 11.2. The van der Waals surface area contributed by atoms with Gasteiger partial charge in [0.2, 0.25) is 0 Å². The Morgan fingerprint density at radius 1 is 1.67 bits per heavy atom. The summed E-state index contributed by atoms with van der Waals surface area (Å²) in [7, 11) is 1.89. The minimum Gasteiger partial charge on any atom is -0.478 e. The first-order valence-electron chi connectivity index (χ1n) is 6.10. The Kier molecular flexibility index (Phi) is 3.81. The molecule has 0 radical (unpaired) electrons. The maximum Gasteiger partial charge on any atom is 0.339 e. The van der Waals surface area contributed by atoms with Crippen LogP contribution < -0.4 is 4.90 Å². The van der Waals surface area contributed by atoms with Gasteiger partial charge in [0.05, 0.1) is 11.8 Å². The van der Waals surface area contributed by atoms with Gasteiger partial charge in [-0.15, -0.1) is 0 Å². The summed E-state index contributed by atoms with van der Waals surface area (Å²) in [4.78, 5) is 17.2. The van der Waals surface area contributed by atoms with Crippen LogP contribution in [-0.2, 0) is 4.74 Å². The summed E-state index contributed by atoms with van der Waals surface area (Å²) in [6.45, 7) is 3.37. The van der Waals surface area contributed by atoms with Crippen LogP contribution in [0.3, 0.4) is 0 Å². The molecule has 5 heteroatoms. The van der Waals surface area contributed by atoms with E-state index in [4.69, 9.17) is 9.84 Å². The fraction of sp³-hybridized carbons (Fsp3) is 0.538. The van der Waals surface area contributed by atoms with E-state index in [9.17, 15) is 4.79 Å². The molecule has 0 amide bonds. The van der Waals surface area contributed by atoms with Crippen molar-refractivity contribution >= 4 is 11.7 Å². The first-order chi connectivity index (χ1) is 8.58. The van der Waals surface area contributed by atoms with E-state index in [0.29, 0.717) is 12.2 Å². The third-order valence-electron chi connectivity index (χ3n) is 3.16. The van der Waals surface area contributed by atoms with Crippen LogP contribution in [-0.4, -0.2) is 42.4 Å². The summed E-state index contributed by atoms with van der Waals surface area (Å²) < 4.78 is 5.57. The Hall–Kier alpha value is -1.62. The number of carboxylic acid groups (broad SMARTS) is 1. The van der Waals surface area contributed by atoms with Gasteiger partial charge in [0.15, 0.2) is 0 Å². The average molecular weight is 250 g/mol. The second-order valence-electron chi connectivity index (χ2n) is 4.66. The van der Waals surface area contributed by atoms with E-state index in [1.807, 2.05) is 18.9 Å². The predicted octanol–water partition coefficient (Wildman–Crippen LogP) is 1.70. The van der Waals surface area contributed by atoms with Gasteiger partial charge < -0.3 is 14.7 Å². The zero-order chi connectivity index (χ0) is 13.1. The van der Waals surface area contributed by atoms with Crippen LogP contribution in [0.5, 0.6) is 0 Å². The number of rotatable bonds is 4. The van der Waals surface area contributed by atoms with E-state index < -0.39 is 5.97 Å². The standard InChI is InChI=1S/C13H18N2O3/c1-9-6-12(11(7-14-9)13(16)17)15(2)8-10-4-3-5-18-10/h6-7,10H,3-5,8H2,1-2H3,(H,16,17). The van der Waals surface area contributed by atoms with E-state index in [2.05, 4.69) is 4.98 Å². The van der Waals surface area contributed by atoms with Crippen LogP contribution in [0.2, 0.25) is 0 Å². The van der Waals surface area contributed by atoms with Crippen LogP contribution in [0.4, 0.5) is 5.69 Å². The Morgan fingerprint density at radius 2 is 2.44 bits per heavy atom. The lowest BCUT2D eigenvalue weighted by molar-refractivity contribution is 0.0696. The van der Waals surface area contributed by atoms with E-state index in [0.717, 1.165) is 25.1 Å². The largest absolute Gasteiger partial charge is 0.478 e.